The smallest absolute Gasteiger partial charge is 0.266 e. The summed E-state index contributed by atoms with van der Waals surface area (Å²) in [6.07, 6.45) is 3.89. The lowest BCUT2D eigenvalue weighted by molar-refractivity contribution is 0.111. The summed E-state index contributed by atoms with van der Waals surface area (Å²) in [5, 5.41) is 0.492. The number of benzene rings is 2. The van der Waals surface area contributed by atoms with Gasteiger partial charge in [-0.1, -0.05) is 29.8 Å². The van der Waals surface area contributed by atoms with Gasteiger partial charge in [0.05, 0.1) is 27.3 Å². The Hall–Kier alpha value is -3.64. The molecule has 0 aliphatic carbocycles. The van der Waals surface area contributed by atoms with Gasteiger partial charge in [-0.2, -0.15) is 0 Å². The number of nitrogens with zero attached hydrogens (tertiary/aromatic N) is 3. The summed E-state index contributed by atoms with van der Waals surface area (Å²) in [5.74, 6) is -0.235. The lowest BCUT2D eigenvalue weighted by Gasteiger charge is -2.12. The van der Waals surface area contributed by atoms with Crippen molar-refractivity contribution in [1.29, 1.82) is 0 Å². The van der Waals surface area contributed by atoms with Crippen LogP contribution in [0.3, 0.4) is 0 Å². The van der Waals surface area contributed by atoms with Gasteiger partial charge in [0.2, 0.25) is 0 Å². The van der Waals surface area contributed by atoms with Crippen molar-refractivity contribution in [2.75, 3.05) is 0 Å². The first-order valence-electron chi connectivity index (χ1n) is 8.64. The van der Waals surface area contributed by atoms with E-state index < -0.39 is 11.4 Å². The molecule has 0 bridgehead atoms. The van der Waals surface area contributed by atoms with Gasteiger partial charge in [-0.3, -0.25) is 14.2 Å². The van der Waals surface area contributed by atoms with Crippen LogP contribution in [0.1, 0.15) is 22.0 Å². The number of hydrogen-bond donors (Lipinski definition) is 0. The highest BCUT2D eigenvalue weighted by Crippen LogP contribution is 2.22. The highest BCUT2D eigenvalue weighted by atomic mass is 35.5. The molecular formula is C22H13ClFN3O2. The number of hydrogen-bond acceptors (Lipinski definition) is 4. The molecule has 2 aromatic heterocycles. The minimum atomic E-state index is -0.528. The van der Waals surface area contributed by atoms with E-state index in [0.717, 1.165) is 6.07 Å². The number of fused-ring (bicyclic) bond motifs is 1. The van der Waals surface area contributed by atoms with Gasteiger partial charge in [0.15, 0.2) is 6.29 Å². The molecule has 0 atom stereocenters. The average Bonchev–Trinajstić information content (AvgIpc) is 2.74. The summed E-state index contributed by atoms with van der Waals surface area (Å²) in [5.41, 5.74) is 1.14. The minimum absolute atomic E-state index is 0.142. The third-order valence-corrected chi connectivity index (χ3v) is 4.59. The standard InChI is InChI=1S/C22H13ClFN3O2/c23-18-6-1-2-7-20(18)27-21(11-9-15-4-3-5-16(13-28)25-15)26-19-10-8-14(24)12-17(19)22(27)29/h1-13H. The molecule has 0 N–H and O–H groups in total. The van der Waals surface area contributed by atoms with Crippen molar-refractivity contribution in [2.24, 2.45) is 0 Å². The van der Waals surface area contributed by atoms with Crippen molar-refractivity contribution in [3.05, 3.63) is 99.1 Å². The second-order valence-electron chi connectivity index (χ2n) is 6.16. The average molecular weight is 406 g/mol. The normalized spacial score (nSPS) is 11.2. The first-order chi connectivity index (χ1) is 14.1. The third-order valence-electron chi connectivity index (χ3n) is 4.27. The van der Waals surface area contributed by atoms with E-state index in [0.29, 0.717) is 34.0 Å². The van der Waals surface area contributed by atoms with Crippen molar-refractivity contribution in [3.63, 3.8) is 0 Å². The molecule has 0 saturated carbocycles. The van der Waals surface area contributed by atoms with E-state index in [-0.39, 0.29) is 11.1 Å². The monoisotopic (exact) mass is 405 g/mol. The Balaban J connectivity index is 1.96. The Morgan fingerprint density at radius 1 is 0.931 bits per heavy atom. The van der Waals surface area contributed by atoms with Gasteiger partial charge in [0.25, 0.3) is 5.56 Å². The molecule has 142 valence electrons. The van der Waals surface area contributed by atoms with Crippen LogP contribution >= 0.6 is 11.6 Å². The van der Waals surface area contributed by atoms with Crippen molar-refractivity contribution in [1.82, 2.24) is 14.5 Å². The second kappa shape index (κ2) is 7.77. The highest BCUT2D eigenvalue weighted by molar-refractivity contribution is 6.32. The summed E-state index contributed by atoms with van der Waals surface area (Å²) in [6, 6.07) is 15.7. The van der Waals surface area contributed by atoms with E-state index in [4.69, 9.17) is 11.6 Å². The first kappa shape index (κ1) is 18.7. The molecule has 4 rings (SSSR count). The van der Waals surface area contributed by atoms with Gasteiger partial charge in [-0.15, -0.1) is 0 Å². The Kier molecular flexibility index (Phi) is 5.01. The SMILES string of the molecule is O=Cc1cccc(C=Cc2nc3ccc(F)cc3c(=O)n2-c2ccccc2Cl)n1. The number of carbonyl (C=O) groups excluding carboxylic acids is 1. The Bertz CT molecular complexity index is 1330. The minimum Gasteiger partial charge on any atom is -0.296 e. The lowest BCUT2D eigenvalue weighted by Crippen LogP contribution is -2.22. The Morgan fingerprint density at radius 2 is 1.72 bits per heavy atom. The Labute approximate surface area is 169 Å². The predicted octanol–water partition coefficient (Wildman–Crippen LogP) is 4.56. The van der Waals surface area contributed by atoms with Crippen LogP contribution in [0.4, 0.5) is 4.39 Å². The van der Waals surface area contributed by atoms with Crippen LogP contribution in [0.25, 0.3) is 28.7 Å². The molecule has 2 aromatic carbocycles. The molecule has 0 radical (unpaired) electrons. The molecule has 5 nitrogen and oxygen atoms in total. The largest absolute Gasteiger partial charge is 0.296 e. The summed E-state index contributed by atoms with van der Waals surface area (Å²) in [6.45, 7) is 0. The molecule has 0 unspecified atom stereocenters. The van der Waals surface area contributed by atoms with Crippen molar-refractivity contribution in [3.8, 4) is 5.69 Å². The highest BCUT2D eigenvalue weighted by Gasteiger charge is 2.14. The third kappa shape index (κ3) is 3.70. The van der Waals surface area contributed by atoms with E-state index in [1.807, 2.05) is 0 Å². The zero-order valence-electron chi connectivity index (χ0n) is 14.9. The van der Waals surface area contributed by atoms with E-state index >= 15 is 0 Å². The van der Waals surface area contributed by atoms with E-state index in [1.54, 1.807) is 54.6 Å². The lowest BCUT2D eigenvalue weighted by atomic mass is 10.2. The molecular weight excluding hydrogens is 393 g/mol. The maximum Gasteiger partial charge on any atom is 0.266 e. The fraction of sp³-hybridized carbons (Fsp3) is 0. The molecule has 0 fully saturated rings. The number of rotatable bonds is 4. The van der Waals surface area contributed by atoms with Gasteiger partial charge in [-0.25, -0.2) is 14.4 Å². The fourth-order valence-electron chi connectivity index (χ4n) is 2.94. The number of halogens is 2. The van der Waals surface area contributed by atoms with E-state index in [1.165, 1.54) is 16.7 Å². The van der Waals surface area contributed by atoms with Crippen LogP contribution in [0, 0.1) is 5.82 Å². The molecule has 0 saturated heterocycles. The van der Waals surface area contributed by atoms with Crippen LogP contribution < -0.4 is 5.56 Å². The first-order valence-corrected chi connectivity index (χ1v) is 9.02. The summed E-state index contributed by atoms with van der Waals surface area (Å²) in [7, 11) is 0. The van der Waals surface area contributed by atoms with Gasteiger partial charge in [0.1, 0.15) is 17.3 Å². The van der Waals surface area contributed by atoms with Crippen LogP contribution in [-0.2, 0) is 0 Å². The van der Waals surface area contributed by atoms with Crippen molar-refractivity contribution >= 4 is 40.9 Å². The van der Waals surface area contributed by atoms with Crippen LogP contribution in [-0.4, -0.2) is 20.8 Å². The number of aldehydes is 1. The predicted molar refractivity (Wildman–Crippen MR) is 111 cm³/mol. The molecule has 0 amide bonds. The molecule has 0 aliphatic heterocycles. The maximum atomic E-state index is 13.7. The Morgan fingerprint density at radius 3 is 2.52 bits per heavy atom. The van der Waals surface area contributed by atoms with Crippen molar-refractivity contribution in [2.45, 2.75) is 0 Å². The van der Waals surface area contributed by atoms with Crippen LogP contribution in [0.2, 0.25) is 5.02 Å². The summed E-state index contributed by atoms with van der Waals surface area (Å²) >= 11 is 6.31. The van der Waals surface area contributed by atoms with Gasteiger partial charge >= 0.3 is 0 Å². The number of aromatic nitrogens is 3. The molecule has 7 heteroatoms. The molecule has 29 heavy (non-hydrogen) atoms. The topological polar surface area (TPSA) is 64.8 Å². The zero-order valence-corrected chi connectivity index (χ0v) is 15.7. The quantitative estimate of drug-likeness (QED) is 0.467. The summed E-state index contributed by atoms with van der Waals surface area (Å²) < 4.78 is 15.0. The van der Waals surface area contributed by atoms with Gasteiger partial charge in [0, 0.05) is 0 Å². The number of carbonyl (C=O) groups is 1. The van der Waals surface area contributed by atoms with Crippen molar-refractivity contribution < 1.29 is 9.18 Å². The molecule has 0 spiro atoms. The second-order valence-corrected chi connectivity index (χ2v) is 6.57. The van der Waals surface area contributed by atoms with Crippen LogP contribution in [0.5, 0.6) is 0 Å². The van der Waals surface area contributed by atoms with Crippen LogP contribution in [0.15, 0.2) is 65.5 Å². The fourth-order valence-corrected chi connectivity index (χ4v) is 3.16. The van der Waals surface area contributed by atoms with Gasteiger partial charge in [-0.05, 0) is 54.6 Å². The number of pyridine rings is 1. The number of para-hydroxylation sites is 1. The molecule has 2 heterocycles. The summed E-state index contributed by atoms with van der Waals surface area (Å²) in [4.78, 5) is 32.8. The molecule has 0 aliphatic rings. The zero-order chi connectivity index (χ0) is 20.4. The maximum absolute atomic E-state index is 13.7. The van der Waals surface area contributed by atoms with Gasteiger partial charge < -0.3 is 0 Å². The van der Waals surface area contributed by atoms with E-state index in [9.17, 15) is 14.0 Å². The van der Waals surface area contributed by atoms with E-state index in [2.05, 4.69) is 9.97 Å². The molecule has 4 aromatic rings.